The van der Waals surface area contributed by atoms with Gasteiger partial charge in [0.1, 0.15) is 6.61 Å². The molecule has 1 amide bonds. The summed E-state index contributed by atoms with van der Waals surface area (Å²) < 4.78 is 5.08. The minimum atomic E-state index is -0.0567. The van der Waals surface area contributed by atoms with Crippen LogP contribution in [-0.4, -0.2) is 56.2 Å². The minimum absolute atomic E-state index is 0.0567. The van der Waals surface area contributed by atoms with E-state index < -0.39 is 0 Å². The molecule has 5 heteroatoms. The molecule has 0 spiro atoms. The molecule has 0 bridgehead atoms. The highest BCUT2D eigenvalue weighted by Crippen LogP contribution is 1.99. The first-order valence-electron chi connectivity index (χ1n) is 6.93. The molecule has 0 aromatic heterocycles. The fourth-order valence-electron chi connectivity index (χ4n) is 1.80. The van der Waals surface area contributed by atoms with E-state index in [-0.39, 0.29) is 18.6 Å². The average molecular weight is 259 g/mol. The van der Waals surface area contributed by atoms with Gasteiger partial charge >= 0.3 is 0 Å². The van der Waals surface area contributed by atoms with Crippen LogP contribution in [-0.2, 0) is 9.53 Å². The number of rotatable bonds is 11. The Bertz CT molecular complexity index is 208. The highest BCUT2D eigenvalue weighted by Gasteiger charge is 2.07. The summed E-state index contributed by atoms with van der Waals surface area (Å²) in [5, 5.41) is 2.93. The number of carbonyl (C=O) groups excluding carboxylic acids is 1. The van der Waals surface area contributed by atoms with Crippen molar-refractivity contribution in [3.05, 3.63) is 0 Å². The molecule has 0 saturated carbocycles. The molecule has 18 heavy (non-hydrogen) atoms. The van der Waals surface area contributed by atoms with Gasteiger partial charge in [-0.2, -0.15) is 0 Å². The van der Waals surface area contributed by atoms with Gasteiger partial charge in [0.15, 0.2) is 0 Å². The maximum absolute atomic E-state index is 11.5. The van der Waals surface area contributed by atoms with Crippen LogP contribution in [0.15, 0.2) is 0 Å². The Labute approximate surface area is 111 Å². The van der Waals surface area contributed by atoms with Crippen LogP contribution in [0.2, 0.25) is 0 Å². The lowest BCUT2D eigenvalue weighted by molar-refractivity contribution is -0.126. The molecule has 3 N–H and O–H groups in total. The van der Waals surface area contributed by atoms with Crippen LogP contribution < -0.4 is 11.1 Å². The number of hydrogen-bond donors (Lipinski definition) is 2. The van der Waals surface area contributed by atoms with Crippen LogP contribution in [0.4, 0.5) is 0 Å². The maximum atomic E-state index is 11.5. The molecular formula is C13H29N3O2. The topological polar surface area (TPSA) is 67.6 Å². The molecular weight excluding hydrogens is 230 g/mol. The molecule has 0 radical (unpaired) electrons. The quantitative estimate of drug-likeness (QED) is 0.533. The molecule has 0 aliphatic rings. The first-order valence-corrected chi connectivity index (χ1v) is 6.93. The van der Waals surface area contributed by atoms with Crippen molar-refractivity contribution in [2.75, 3.05) is 39.4 Å². The number of ether oxygens (including phenoxy) is 1. The zero-order valence-electron chi connectivity index (χ0n) is 12.1. The fraction of sp³-hybridized carbons (Fsp3) is 0.923. The smallest absolute Gasteiger partial charge is 0.246 e. The lowest BCUT2D eigenvalue weighted by atomic mass is 10.1. The molecule has 0 aromatic carbocycles. The summed E-state index contributed by atoms with van der Waals surface area (Å²) in [6, 6.07) is 0.203. The standard InChI is InChI=1S/C13H29N3O2/c1-4-16(5-2)9-6-7-12(3)15-13(17)11-18-10-8-14/h12H,4-11,14H2,1-3H3,(H,15,17). The van der Waals surface area contributed by atoms with E-state index in [1.165, 1.54) is 0 Å². The number of nitrogens with zero attached hydrogens (tertiary/aromatic N) is 1. The number of amides is 1. The normalized spacial score (nSPS) is 12.7. The molecule has 0 rings (SSSR count). The molecule has 0 fully saturated rings. The van der Waals surface area contributed by atoms with Gasteiger partial charge in [-0.3, -0.25) is 4.79 Å². The van der Waals surface area contributed by atoms with Crippen molar-refractivity contribution in [1.82, 2.24) is 10.2 Å². The van der Waals surface area contributed by atoms with E-state index in [0.717, 1.165) is 32.5 Å². The third-order valence-electron chi connectivity index (χ3n) is 2.91. The number of hydrogen-bond acceptors (Lipinski definition) is 4. The average Bonchev–Trinajstić information content (AvgIpc) is 2.35. The van der Waals surface area contributed by atoms with Gasteiger partial charge in [-0.15, -0.1) is 0 Å². The third kappa shape index (κ3) is 9.39. The van der Waals surface area contributed by atoms with E-state index in [2.05, 4.69) is 24.1 Å². The predicted molar refractivity (Wildman–Crippen MR) is 74.5 cm³/mol. The second-order valence-electron chi connectivity index (χ2n) is 4.48. The van der Waals surface area contributed by atoms with Crippen molar-refractivity contribution < 1.29 is 9.53 Å². The van der Waals surface area contributed by atoms with Crippen LogP contribution in [0.5, 0.6) is 0 Å². The third-order valence-corrected chi connectivity index (χ3v) is 2.91. The monoisotopic (exact) mass is 259 g/mol. The predicted octanol–water partition coefficient (Wildman–Crippen LogP) is 0.588. The Kier molecular flexibility index (Phi) is 11.0. The zero-order chi connectivity index (χ0) is 13.8. The summed E-state index contributed by atoms with van der Waals surface area (Å²) in [7, 11) is 0. The highest BCUT2D eigenvalue weighted by molar-refractivity contribution is 5.77. The number of nitrogens with two attached hydrogens (primary N) is 1. The Morgan fingerprint density at radius 2 is 2.06 bits per heavy atom. The Morgan fingerprint density at radius 3 is 2.61 bits per heavy atom. The summed E-state index contributed by atoms with van der Waals surface area (Å²) in [4.78, 5) is 13.8. The van der Waals surface area contributed by atoms with Gasteiger partial charge in [-0.05, 0) is 39.4 Å². The zero-order valence-corrected chi connectivity index (χ0v) is 12.1. The first-order chi connectivity index (χ1) is 8.63. The number of nitrogens with one attached hydrogen (secondary N) is 1. The minimum Gasteiger partial charge on any atom is -0.370 e. The van der Waals surface area contributed by atoms with Gasteiger partial charge in [0.05, 0.1) is 6.61 Å². The molecule has 108 valence electrons. The largest absolute Gasteiger partial charge is 0.370 e. The van der Waals surface area contributed by atoms with Gasteiger partial charge in [0.25, 0.3) is 0 Å². The second-order valence-corrected chi connectivity index (χ2v) is 4.48. The van der Waals surface area contributed by atoms with Crippen molar-refractivity contribution in [2.45, 2.75) is 39.7 Å². The highest BCUT2D eigenvalue weighted by atomic mass is 16.5. The van der Waals surface area contributed by atoms with Gasteiger partial charge < -0.3 is 20.7 Å². The van der Waals surface area contributed by atoms with Crippen molar-refractivity contribution >= 4 is 5.91 Å². The lowest BCUT2D eigenvalue weighted by Gasteiger charge is -2.19. The molecule has 1 unspecified atom stereocenters. The summed E-state index contributed by atoms with van der Waals surface area (Å²) >= 11 is 0. The summed E-state index contributed by atoms with van der Waals surface area (Å²) in [6.07, 6.45) is 2.10. The van der Waals surface area contributed by atoms with Crippen molar-refractivity contribution in [3.63, 3.8) is 0 Å². The van der Waals surface area contributed by atoms with Crippen LogP contribution in [0.25, 0.3) is 0 Å². The lowest BCUT2D eigenvalue weighted by Crippen LogP contribution is -2.36. The van der Waals surface area contributed by atoms with Crippen molar-refractivity contribution in [2.24, 2.45) is 5.73 Å². The van der Waals surface area contributed by atoms with E-state index in [0.29, 0.717) is 13.2 Å². The SMILES string of the molecule is CCN(CC)CCCC(C)NC(=O)COCCN. The van der Waals surface area contributed by atoms with Crippen LogP contribution in [0.1, 0.15) is 33.6 Å². The van der Waals surface area contributed by atoms with Crippen molar-refractivity contribution in [1.29, 1.82) is 0 Å². The molecule has 0 aromatic rings. The molecule has 0 aliphatic carbocycles. The molecule has 0 aliphatic heterocycles. The van der Waals surface area contributed by atoms with Crippen LogP contribution in [0.3, 0.4) is 0 Å². The van der Waals surface area contributed by atoms with E-state index in [1.54, 1.807) is 0 Å². The van der Waals surface area contributed by atoms with E-state index in [1.807, 2.05) is 6.92 Å². The molecule has 1 atom stereocenters. The summed E-state index contributed by atoms with van der Waals surface area (Å²) in [5.74, 6) is -0.0567. The van der Waals surface area contributed by atoms with Crippen LogP contribution in [0, 0.1) is 0 Å². The Balaban J connectivity index is 3.57. The van der Waals surface area contributed by atoms with E-state index >= 15 is 0 Å². The fourth-order valence-corrected chi connectivity index (χ4v) is 1.80. The second kappa shape index (κ2) is 11.4. The van der Waals surface area contributed by atoms with E-state index in [4.69, 9.17) is 10.5 Å². The van der Waals surface area contributed by atoms with E-state index in [9.17, 15) is 4.79 Å². The Hall–Kier alpha value is -0.650. The van der Waals surface area contributed by atoms with Crippen molar-refractivity contribution in [3.8, 4) is 0 Å². The van der Waals surface area contributed by atoms with Gasteiger partial charge in [-0.25, -0.2) is 0 Å². The maximum Gasteiger partial charge on any atom is 0.246 e. The summed E-state index contributed by atoms with van der Waals surface area (Å²) in [5.41, 5.74) is 5.27. The molecule has 0 saturated heterocycles. The van der Waals surface area contributed by atoms with Gasteiger partial charge in [-0.1, -0.05) is 13.8 Å². The molecule has 5 nitrogen and oxygen atoms in total. The molecule has 0 heterocycles. The Morgan fingerprint density at radius 1 is 1.39 bits per heavy atom. The van der Waals surface area contributed by atoms with Gasteiger partial charge in [0.2, 0.25) is 5.91 Å². The first kappa shape index (κ1) is 17.4. The number of carbonyl (C=O) groups is 1. The summed E-state index contributed by atoms with van der Waals surface area (Å²) in [6.45, 7) is 10.6. The van der Waals surface area contributed by atoms with Gasteiger partial charge in [0, 0.05) is 12.6 Å². The van der Waals surface area contributed by atoms with Crippen LogP contribution >= 0.6 is 0 Å².